The van der Waals surface area contributed by atoms with Crippen molar-refractivity contribution in [2.45, 2.75) is 43.7 Å². The van der Waals surface area contributed by atoms with Gasteiger partial charge in [-0.2, -0.15) is 8.78 Å². The summed E-state index contributed by atoms with van der Waals surface area (Å²) < 4.78 is 86.8. The van der Waals surface area contributed by atoms with Gasteiger partial charge in [0.2, 0.25) is 16.0 Å². The number of anilines is 1. The molecule has 1 aliphatic carbocycles. The van der Waals surface area contributed by atoms with Gasteiger partial charge in [-0.25, -0.2) is 31.9 Å². The zero-order chi connectivity index (χ0) is 22.8. The highest BCUT2D eigenvalue weighted by Crippen LogP contribution is 2.46. The van der Waals surface area contributed by atoms with Crippen LogP contribution in [0.4, 0.5) is 23.5 Å². The lowest BCUT2D eigenvalue weighted by molar-refractivity contribution is -0.00600. The summed E-state index contributed by atoms with van der Waals surface area (Å²) in [5.41, 5.74) is 1.23. The molecular weight excluding hydrogens is 452 g/mol. The number of halogens is 4. The van der Waals surface area contributed by atoms with E-state index in [1.165, 1.54) is 4.90 Å². The highest BCUT2D eigenvalue weighted by molar-refractivity contribution is 7.88. The Balaban J connectivity index is 1.57. The van der Waals surface area contributed by atoms with E-state index in [1.54, 1.807) is 18.2 Å². The van der Waals surface area contributed by atoms with Crippen molar-refractivity contribution >= 4 is 16.0 Å². The van der Waals surface area contributed by atoms with E-state index in [2.05, 4.69) is 14.7 Å². The number of benzene rings is 1. The van der Waals surface area contributed by atoms with Gasteiger partial charge in [0.15, 0.2) is 0 Å². The molecule has 0 amide bonds. The molecule has 3 heterocycles. The van der Waals surface area contributed by atoms with Crippen molar-refractivity contribution in [3.8, 4) is 17.0 Å². The number of nitrogens with one attached hydrogen (secondary N) is 1. The number of ether oxygens (including phenoxy) is 1. The van der Waals surface area contributed by atoms with E-state index in [0.717, 1.165) is 6.26 Å². The molecule has 0 spiro atoms. The van der Waals surface area contributed by atoms with Crippen LogP contribution in [-0.4, -0.2) is 50.3 Å². The van der Waals surface area contributed by atoms with Crippen molar-refractivity contribution in [3.05, 3.63) is 35.0 Å². The van der Waals surface area contributed by atoms with Gasteiger partial charge in [0.25, 0.3) is 12.3 Å². The molecule has 0 radical (unpaired) electrons. The van der Waals surface area contributed by atoms with E-state index in [9.17, 15) is 26.0 Å². The third kappa shape index (κ3) is 3.58. The van der Waals surface area contributed by atoms with E-state index in [4.69, 9.17) is 4.74 Å². The number of fused-ring (bicyclic) bond motifs is 2. The average Bonchev–Trinajstić information content (AvgIpc) is 3.19. The highest BCUT2D eigenvalue weighted by atomic mass is 32.2. The lowest BCUT2D eigenvalue weighted by atomic mass is 10.0. The summed E-state index contributed by atoms with van der Waals surface area (Å²) in [6.07, 6.45) is -1.70. The summed E-state index contributed by atoms with van der Waals surface area (Å²) in [6.45, 7) is 0.367. The largest absolute Gasteiger partial charge is 0.491 e. The number of rotatable bonds is 5. The number of aromatic nitrogens is 2. The predicted molar refractivity (Wildman–Crippen MR) is 108 cm³/mol. The molecule has 0 saturated carbocycles. The van der Waals surface area contributed by atoms with E-state index >= 15 is 0 Å². The van der Waals surface area contributed by atoms with Crippen LogP contribution in [0.2, 0.25) is 0 Å². The Morgan fingerprint density at radius 2 is 2.06 bits per heavy atom. The second-order valence-electron chi connectivity index (χ2n) is 8.29. The van der Waals surface area contributed by atoms with Gasteiger partial charge in [-0.15, -0.1) is 0 Å². The standard InChI is InChI=1S/C20H20F4N4O3S/c1-32(29,30)27-13-9-31-15-8-10(2-3-11(13)15)16-12-4-6-20(23,24)17(12)26-19(25-16)28-7-5-14(28)18(21)22/h2-3,8,13-14,18,27H,4-7,9H2,1H3/t13-,14+/m0/s1. The summed E-state index contributed by atoms with van der Waals surface area (Å²) in [4.78, 5) is 9.68. The third-order valence-corrected chi connectivity index (χ3v) is 6.78. The number of alkyl halides is 4. The first kappa shape index (κ1) is 21.4. The summed E-state index contributed by atoms with van der Waals surface area (Å²) in [6, 6.07) is 3.27. The normalized spacial score (nSPS) is 23.6. The van der Waals surface area contributed by atoms with E-state index < -0.39 is 46.6 Å². The molecule has 0 bridgehead atoms. The first-order valence-corrected chi connectivity index (χ1v) is 12.0. The van der Waals surface area contributed by atoms with Gasteiger partial charge in [0.1, 0.15) is 18.1 Å². The van der Waals surface area contributed by atoms with Crippen LogP contribution >= 0.6 is 0 Å². The first-order valence-electron chi connectivity index (χ1n) is 10.1. The molecule has 2 aromatic rings. The van der Waals surface area contributed by atoms with Crippen LogP contribution in [0.1, 0.15) is 35.7 Å². The molecule has 5 rings (SSSR count). The Kier molecular flexibility index (Phi) is 4.86. The van der Waals surface area contributed by atoms with E-state index in [1.807, 2.05) is 0 Å². The van der Waals surface area contributed by atoms with Crippen LogP contribution < -0.4 is 14.4 Å². The molecule has 1 fully saturated rings. The lowest BCUT2D eigenvalue weighted by Gasteiger charge is -2.40. The summed E-state index contributed by atoms with van der Waals surface area (Å²) >= 11 is 0. The van der Waals surface area contributed by atoms with E-state index in [-0.39, 0.29) is 43.2 Å². The topological polar surface area (TPSA) is 84.4 Å². The highest BCUT2D eigenvalue weighted by Gasteiger charge is 2.45. The van der Waals surface area contributed by atoms with Crippen molar-refractivity contribution in [3.63, 3.8) is 0 Å². The van der Waals surface area contributed by atoms with Gasteiger partial charge in [-0.05, 0) is 18.9 Å². The Hall–Kier alpha value is -2.47. The number of hydrogen-bond acceptors (Lipinski definition) is 6. The Labute approximate surface area is 181 Å². The fraction of sp³-hybridized carbons (Fsp3) is 0.500. The van der Waals surface area contributed by atoms with Gasteiger partial charge >= 0.3 is 0 Å². The molecule has 1 N–H and O–H groups in total. The van der Waals surface area contributed by atoms with Crippen LogP contribution in [0.15, 0.2) is 18.2 Å². The summed E-state index contributed by atoms with van der Waals surface area (Å²) in [5.74, 6) is -2.88. The van der Waals surface area contributed by atoms with E-state index in [0.29, 0.717) is 16.9 Å². The molecule has 2 aliphatic heterocycles. The first-order chi connectivity index (χ1) is 15.0. The smallest absolute Gasteiger partial charge is 0.290 e. The molecule has 1 aromatic carbocycles. The van der Waals surface area contributed by atoms with Crippen LogP contribution in [0.3, 0.4) is 0 Å². The van der Waals surface area contributed by atoms with Crippen molar-refractivity contribution in [2.24, 2.45) is 0 Å². The minimum atomic E-state index is -3.46. The molecule has 12 heteroatoms. The van der Waals surface area contributed by atoms with Gasteiger partial charge < -0.3 is 9.64 Å². The van der Waals surface area contributed by atoms with Gasteiger partial charge in [-0.3, -0.25) is 0 Å². The number of hydrogen-bond donors (Lipinski definition) is 1. The van der Waals surface area contributed by atoms with Crippen molar-refractivity contribution in [1.29, 1.82) is 0 Å². The Morgan fingerprint density at radius 3 is 2.72 bits per heavy atom. The van der Waals surface area contributed by atoms with Gasteiger partial charge in [0, 0.05) is 29.7 Å². The second-order valence-corrected chi connectivity index (χ2v) is 10.1. The molecule has 172 valence electrons. The molecule has 1 saturated heterocycles. The van der Waals surface area contributed by atoms with Crippen molar-refractivity contribution < 1.29 is 30.7 Å². The SMILES string of the molecule is CS(=O)(=O)N[C@H]1COc2cc(-c3nc(N4CC[C@@H]4C(F)F)nc4c3CCC4(F)F)ccc21. The predicted octanol–water partition coefficient (Wildman–Crippen LogP) is 3.01. The lowest BCUT2D eigenvalue weighted by Crippen LogP contribution is -2.53. The maximum atomic E-state index is 14.5. The molecule has 0 unspecified atom stereocenters. The molecule has 2 atom stereocenters. The van der Waals surface area contributed by atoms with Crippen LogP contribution in [0, 0.1) is 0 Å². The molecular formula is C20H20F4N4O3S. The van der Waals surface area contributed by atoms with Gasteiger partial charge in [-0.1, -0.05) is 12.1 Å². The van der Waals surface area contributed by atoms with Gasteiger partial charge in [0.05, 0.1) is 24.0 Å². The number of nitrogens with zero attached hydrogens (tertiary/aromatic N) is 3. The Morgan fingerprint density at radius 1 is 1.28 bits per heavy atom. The summed E-state index contributed by atoms with van der Waals surface area (Å²) in [7, 11) is -3.46. The quantitative estimate of drug-likeness (QED) is 0.674. The monoisotopic (exact) mass is 472 g/mol. The molecule has 32 heavy (non-hydrogen) atoms. The minimum Gasteiger partial charge on any atom is -0.491 e. The number of sulfonamides is 1. The Bertz CT molecular complexity index is 1190. The molecule has 1 aromatic heterocycles. The maximum Gasteiger partial charge on any atom is 0.290 e. The fourth-order valence-corrected chi connectivity index (χ4v) is 5.12. The average molecular weight is 472 g/mol. The zero-order valence-electron chi connectivity index (χ0n) is 17.0. The fourth-order valence-electron chi connectivity index (χ4n) is 4.41. The molecule has 7 nitrogen and oxygen atoms in total. The van der Waals surface area contributed by atoms with Crippen LogP contribution in [-0.2, 0) is 22.4 Å². The molecule has 3 aliphatic rings. The maximum absolute atomic E-state index is 14.5. The van der Waals surface area contributed by atoms with Crippen LogP contribution in [0.5, 0.6) is 5.75 Å². The zero-order valence-corrected chi connectivity index (χ0v) is 17.8. The van der Waals surface area contributed by atoms with Crippen molar-refractivity contribution in [1.82, 2.24) is 14.7 Å². The minimum absolute atomic E-state index is 0.0619. The summed E-state index contributed by atoms with van der Waals surface area (Å²) in [5, 5.41) is 0. The third-order valence-electron chi connectivity index (χ3n) is 6.07. The second kappa shape index (κ2) is 7.27. The van der Waals surface area contributed by atoms with Crippen LogP contribution in [0.25, 0.3) is 11.3 Å². The van der Waals surface area contributed by atoms with Crippen molar-refractivity contribution in [2.75, 3.05) is 24.3 Å².